The highest BCUT2D eigenvalue weighted by Gasteiger charge is 2.18. The van der Waals surface area contributed by atoms with Crippen molar-refractivity contribution in [1.29, 1.82) is 0 Å². The van der Waals surface area contributed by atoms with E-state index >= 15 is 0 Å². The quantitative estimate of drug-likeness (QED) is 0.727. The Balaban J connectivity index is 2.00. The predicted octanol–water partition coefficient (Wildman–Crippen LogP) is 3.51. The van der Waals surface area contributed by atoms with Gasteiger partial charge in [0.1, 0.15) is 17.1 Å². The number of benzene rings is 1. The second-order valence-corrected chi connectivity index (χ2v) is 5.27. The van der Waals surface area contributed by atoms with Gasteiger partial charge in [-0.25, -0.2) is 4.98 Å². The summed E-state index contributed by atoms with van der Waals surface area (Å²) in [5.74, 6) is -0.103. The topological polar surface area (TPSA) is 66.6 Å². The van der Waals surface area contributed by atoms with E-state index in [-0.39, 0.29) is 11.7 Å². The molecule has 1 aromatic carbocycles. The zero-order valence-electron chi connectivity index (χ0n) is 11.9. The molecule has 22 heavy (non-hydrogen) atoms. The molecule has 5 nitrogen and oxygen atoms in total. The number of aryl methyl sites for hydroxylation is 1. The monoisotopic (exact) mass is 315 g/mol. The molecule has 0 aliphatic rings. The number of anilines is 1. The summed E-state index contributed by atoms with van der Waals surface area (Å²) < 4.78 is 1.72. The fourth-order valence-corrected chi connectivity index (χ4v) is 2.44. The number of aromatic nitrogens is 2. The summed E-state index contributed by atoms with van der Waals surface area (Å²) in [5, 5.41) is 12.7. The van der Waals surface area contributed by atoms with Gasteiger partial charge in [-0.05, 0) is 36.8 Å². The number of phenolic OH excluding ortho intramolecular Hbond substituents is 1. The molecule has 0 unspecified atom stereocenters. The van der Waals surface area contributed by atoms with Crippen molar-refractivity contribution in [3.05, 3.63) is 59.0 Å². The van der Waals surface area contributed by atoms with E-state index < -0.39 is 0 Å². The van der Waals surface area contributed by atoms with Gasteiger partial charge in [-0.1, -0.05) is 18.5 Å². The van der Waals surface area contributed by atoms with Crippen LogP contribution in [0.15, 0.2) is 42.6 Å². The van der Waals surface area contributed by atoms with Crippen LogP contribution in [0.5, 0.6) is 5.75 Å². The number of nitrogens with zero attached hydrogens (tertiary/aromatic N) is 2. The number of fused-ring (bicyclic) bond motifs is 1. The lowest BCUT2D eigenvalue weighted by atomic mass is 10.2. The number of carbonyl (C=O) groups excluding carboxylic acids is 1. The first kappa shape index (κ1) is 14.4. The molecular weight excluding hydrogens is 302 g/mol. The fraction of sp³-hybridized carbons (Fsp3) is 0.125. The van der Waals surface area contributed by atoms with E-state index in [1.165, 1.54) is 12.1 Å². The fourth-order valence-electron chi connectivity index (χ4n) is 2.29. The van der Waals surface area contributed by atoms with Crippen molar-refractivity contribution >= 4 is 28.8 Å². The summed E-state index contributed by atoms with van der Waals surface area (Å²) >= 11 is 5.97. The molecule has 112 valence electrons. The molecule has 2 aromatic heterocycles. The van der Waals surface area contributed by atoms with Crippen LogP contribution in [0.2, 0.25) is 5.02 Å². The van der Waals surface area contributed by atoms with Gasteiger partial charge in [0.25, 0.3) is 5.91 Å². The SMILES string of the molecule is CCc1nc2cc(Cl)ccn2c1C(=O)Nc1ccc(O)cc1. The van der Waals surface area contributed by atoms with E-state index in [4.69, 9.17) is 11.6 Å². The van der Waals surface area contributed by atoms with Crippen LogP contribution < -0.4 is 5.32 Å². The molecule has 0 fully saturated rings. The Morgan fingerprint density at radius 2 is 2.05 bits per heavy atom. The molecule has 0 aliphatic carbocycles. The van der Waals surface area contributed by atoms with Gasteiger partial charge < -0.3 is 10.4 Å². The maximum Gasteiger partial charge on any atom is 0.274 e. The van der Waals surface area contributed by atoms with Crippen LogP contribution in [-0.4, -0.2) is 20.4 Å². The highest BCUT2D eigenvalue weighted by Crippen LogP contribution is 2.20. The Labute approximate surface area is 132 Å². The lowest BCUT2D eigenvalue weighted by Gasteiger charge is -2.07. The number of hydrogen-bond donors (Lipinski definition) is 2. The van der Waals surface area contributed by atoms with E-state index in [1.807, 2.05) is 6.92 Å². The van der Waals surface area contributed by atoms with Gasteiger partial charge in [0.05, 0.1) is 5.69 Å². The number of aromatic hydroxyl groups is 1. The van der Waals surface area contributed by atoms with Crippen molar-refractivity contribution in [3.63, 3.8) is 0 Å². The summed E-state index contributed by atoms with van der Waals surface area (Å²) in [6, 6.07) is 9.75. The number of imidazole rings is 1. The standard InChI is InChI=1S/C16H14ClN3O2/c1-2-13-15(20-8-7-10(17)9-14(20)19-13)16(22)18-11-3-5-12(21)6-4-11/h3-9,21H,2H2,1H3,(H,18,22). The van der Waals surface area contributed by atoms with Crippen molar-refractivity contribution < 1.29 is 9.90 Å². The third kappa shape index (κ3) is 2.63. The molecule has 2 N–H and O–H groups in total. The van der Waals surface area contributed by atoms with Crippen LogP contribution in [0.25, 0.3) is 5.65 Å². The molecular formula is C16H14ClN3O2. The smallest absolute Gasteiger partial charge is 0.274 e. The number of hydrogen-bond acceptors (Lipinski definition) is 3. The molecule has 2 heterocycles. The van der Waals surface area contributed by atoms with Gasteiger partial charge in [0.15, 0.2) is 0 Å². The Morgan fingerprint density at radius 1 is 1.32 bits per heavy atom. The largest absolute Gasteiger partial charge is 0.508 e. The molecule has 0 saturated heterocycles. The highest BCUT2D eigenvalue weighted by molar-refractivity contribution is 6.30. The van der Waals surface area contributed by atoms with Crippen LogP contribution in [0, 0.1) is 0 Å². The highest BCUT2D eigenvalue weighted by atomic mass is 35.5. The molecule has 0 atom stereocenters. The number of amides is 1. The van der Waals surface area contributed by atoms with Gasteiger partial charge in [-0.2, -0.15) is 0 Å². The minimum absolute atomic E-state index is 0.150. The van der Waals surface area contributed by atoms with Gasteiger partial charge in [-0.15, -0.1) is 0 Å². The Hall–Kier alpha value is -2.53. The Bertz CT molecular complexity index is 840. The summed E-state index contributed by atoms with van der Waals surface area (Å²) in [4.78, 5) is 17.0. The molecule has 0 aliphatic heterocycles. The Morgan fingerprint density at radius 3 is 2.73 bits per heavy atom. The molecule has 0 bridgehead atoms. The third-order valence-corrected chi connectivity index (χ3v) is 3.57. The van der Waals surface area contributed by atoms with Crippen LogP contribution in [0.3, 0.4) is 0 Å². The van der Waals surface area contributed by atoms with Crippen molar-refractivity contribution in [2.24, 2.45) is 0 Å². The number of nitrogens with one attached hydrogen (secondary N) is 1. The van der Waals surface area contributed by atoms with Gasteiger partial charge in [0, 0.05) is 23.0 Å². The molecule has 0 spiro atoms. The number of phenols is 1. The molecule has 6 heteroatoms. The number of rotatable bonds is 3. The first-order chi connectivity index (χ1) is 10.6. The number of carbonyl (C=O) groups is 1. The number of halogens is 1. The minimum Gasteiger partial charge on any atom is -0.508 e. The zero-order valence-corrected chi connectivity index (χ0v) is 12.6. The minimum atomic E-state index is -0.252. The number of pyridine rings is 1. The van der Waals surface area contributed by atoms with E-state index in [0.717, 1.165) is 0 Å². The zero-order chi connectivity index (χ0) is 15.7. The van der Waals surface area contributed by atoms with Gasteiger partial charge in [0.2, 0.25) is 0 Å². The summed E-state index contributed by atoms with van der Waals surface area (Å²) in [6.07, 6.45) is 2.37. The van der Waals surface area contributed by atoms with Crippen molar-refractivity contribution in [3.8, 4) is 5.75 Å². The normalized spacial score (nSPS) is 10.8. The second-order valence-electron chi connectivity index (χ2n) is 4.83. The molecule has 0 radical (unpaired) electrons. The molecule has 0 saturated carbocycles. The van der Waals surface area contributed by atoms with Gasteiger partial charge >= 0.3 is 0 Å². The average Bonchev–Trinajstić information content (AvgIpc) is 2.87. The van der Waals surface area contributed by atoms with E-state index in [1.54, 1.807) is 34.9 Å². The van der Waals surface area contributed by atoms with E-state index in [2.05, 4.69) is 10.3 Å². The lowest BCUT2D eigenvalue weighted by Crippen LogP contribution is -2.16. The second kappa shape index (κ2) is 5.69. The van der Waals surface area contributed by atoms with Crippen molar-refractivity contribution in [2.75, 3.05) is 5.32 Å². The van der Waals surface area contributed by atoms with E-state index in [9.17, 15) is 9.90 Å². The van der Waals surface area contributed by atoms with Crippen molar-refractivity contribution in [2.45, 2.75) is 13.3 Å². The maximum absolute atomic E-state index is 12.6. The van der Waals surface area contributed by atoms with Crippen LogP contribution in [-0.2, 0) is 6.42 Å². The average molecular weight is 316 g/mol. The van der Waals surface area contributed by atoms with E-state index in [0.29, 0.717) is 34.2 Å². The van der Waals surface area contributed by atoms with Gasteiger partial charge in [-0.3, -0.25) is 9.20 Å². The molecule has 3 rings (SSSR count). The summed E-state index contributed by atoms with van der Waals surface area (Å²) in [7, 11) is 0. The summed E-state index contributed by atoms with van der Waals surface area (Å²) in [5.41, 5.74) is 2.44. The van der Waals surface area contributed by atoms with Crippen molar-refractivity contribution in [1.82, 2.24) is 9.38 Å². The summed E-state index contributed by atoms with van der Waals surface area (Å²) in [6.45, 7) is 1.95. The Kier molecular flexibility index (Phi) is 3.73. The van der Waals surface area contributed by atoms with Crippen LogP contribution >= 0.6 is 11.6 Å². The lowest BCUT2D eigenvalue weighted by molar-refractivity contribution is 0.102. The first-order valence-corrected chi connectivity index (χ1v) is 7.23. The maximum atomic E-state index is 12.6. The molecule has 3 aromatic rings. The van der Waals surface area contributed by atoms with Crippen LogP contribution in [0.4, 0.5) is 5.69 Å². The van der Waals surface area contributed by atoms with Crippen LogP contribution in [0.1, 0.15) is 23.1 Å². The first-order valence-electron chi connectivity index (χ1n) is 6.85. The third-order valence-electron chi connectivity index (χ3n) is 3.34. The predicted molar refractivity (Wildman–Crippen MR) is 85.6 cm³/mol. The molecule has 1 amide bonds.